The summed E-state index contributed by atoms with van der Waals surface area (Å²) in [5.41, 5.74) is 6.74. The Bertz CT molecular complexity index is 365. The van der Waals surface area contributed by atoms with Gasteiger partial charge in [0.05, 0.1) is 0 Å². The van der Waals surface area contributed by atoms with E-state index < -0.39 is 0 Å². The van der Waals surface area contributed by atoms with Crippen molar-refractivity contribution < 1.29 is 4.79 Å². The van der Waals surface area contributed by atoms with Gasteiger partial charge in [-0.1, -0.05) is 19.1 Å². The molecule has 0 aliphatic rings. The molecule has 0 saturated carbocycles. The van der Waals surface area contributed by atoms with Gasteiger partial charge >= 0.3 is 0 Å². The normalized spacial score (nSPS) is 12.2. The molecule has 1 aromatic carbocycles. The number of nitrogens with one attached hydrogen (secondary N) is 1. The van der Waals surface area contributed by atoms with E-state index >= 15 is 0 Å². The lowest BCUT2D eigenvalue weighted by Crippen LogP contribution is -2.28. The summed E-state index contributed by atoms with van der Waals surface area (Å²) >= 11 is 1.73. The van der Waals surface area contributed by atoms with Crippen molar-refractivity contribution in [3.63, 3.8) is 0 Å². The molecule has 4 heteroatoms. The molecular weight excluding hydrogens is 244 g/mol. The number of hydrogen-bond acceptors (Lipinski definition) is 3. The number of carbonyl (C=O) groups excluding carboxylic acids is 1. The van der Waals surface area contributed by atoms with Crippen molar-refractivity contribution >= 4 is 17.7 Å². The Morgan fingerprint density at radius 2 is 2.06 bits per heavy atom. The number of hydrogen-bond donors (Lipinski definition) is 2. The Morgan fingerprint density at radius 3 is 2.61 bits per heavy atom. The molecule has 3 N–H and O–H groups in total. The topological polar surface area (TPSA) is 55.1 Å². The Hall–Kier alpha value is -1.00. The van der Waals surface area contributed by atoms with Crippen LogP contribution in [-0.2, 0) is 11.2 Å². The van der Waals surface area contributed by atoms with Crippen LogP contribution in [0.3, 0.4) is 0 Å². The summed E-state index contributed by atoms with van der Waals surface area (Å²) in [7, 11) is 0. The van der Waals surface area contributed by atoms with E-state index in [-0.39, 0.29) is 11.8 Å². The number of carbonyl (C=O) groups is 1. The number of thioether (sulfide) groups is 1. The smallest absolute Gasteiger partial charge is 0.220 e. The zero-order valence-corrected chi connectivity index (χ0v) is 11.9. The van der Waals surface area contributed by atoms with Gasteiger partial charge in [0, 0.05) is 17.9 Å². The number of amides is 1. The van der Waals surface area contributed by atoms with Crippen LogP contribution < -0.4 is 11.1 Å². The predicted molar refractivity (Wildman–Crippen MR) is 77.8 cm³/mol. The van der Waals surface area contributed by atoms with E-state index in [9.17, 15) is 4.79 Å². The molecular formula is C14H22N2OS. The molecule has 1 unspecified atom stereocenters. The zero-order chi connectivity index (χ0) is 13.4. The average Bonchev–Trinajstić information content (AvgIpc) is 2.39. The van der Waals surface area contributed by atoms with Crippen LogP contribution in [0.4, 0.5) is 0 Å². The van der Waals surface area contributed by atoms with E-state index in [0.717, 1.165) is 6.42 Å². The third-order valence-electron chi connectivity index (χ3n) is 2.83. The van der Waals surface area contributed by atoms with Gasteiger partial charge < -0.3 is 11.1 Å². The quantitative estimate of drug-likeness (QED) is 0.743. The van der Waals surface area contributed by atoms with Crippen molar-refractivity contribution in [2.75, 3.05) is 19.3 Å². The first-order valence-electron chi connectivity index (χ1n) is 6.25. The van der Waals surface area contributed by atoms with E-state index in [4.69, 9.17) is 5.73 Å². The van der Waals surface area contributed by atoms with Crippen LogP contribution in [-0.4, -0.2) is 25.3 Å². The second kappa shape index (κ2) is 8.16. The number of rotatable bonds is 7. The molecule has 0 heterocycles. The van der Waals surface area contributed by atoms with Gasteiger partial charge in [0.2, 0.25) is 5.91 Å². The lowest BCUT2D eigenvalue weighted by molar-refractivity contribution is -0.121. The molecule has 0 fully saturated rings. The largest absolute Gasteiger partial charge is 0.356 e. The first-order chi connectivity index (χ1) is 8.65. The summed E-state index contributed by atoms with van der Waals surface area (Å²) in [6.45, 7) is 3.24. The fourth-order valence-corrected chi connectivity index (χ4v) is 2.02. The molecule has 100 valence electrons. The molecule has 3 nitrogen and oxygen atoms in total. The minimum absolute atomic E-state index is 0.0914. The molecule has 1 amide bonds. The van der Waals surface area contributed by atoms with E-state index in [1.54, 1.807) is 11.8 Å². The lowest BCUT2D eigenvalue weighted by Gasteiger charge is -2.09. The molecule has 0 saturated heterocycles. The molecule has 18 heavy (non-hydrogen) atoms. The molecule has 0 aliphatic carbocycles. The summed E-state index contributed by atoms with van der Waals surface area (Å²) in [6, 6.07) is 8.44. The lowest BCUT2D eigenvalue weighted by atomic mass is 10.1. The van der Waals surface area contributed by atoms with E-state index in [0.29, 0.717) is 19.5 Å². The van der Waals surface area contributed by atoms with E-state index in [1.807, 2.05) is 6.92 Å². The standard InChI is InChI=1S/C14H22N2OS/c1-11(10-15)9-14(17)16-8-7-12-3-5-13(18-2)6-4-12/h3-6,11H,7-10,15H2,1-2H3,(H,16,17). The molecule has 0 radical (unpaired) electrons. The Labute approximate surface area is 114 Å². The van der Waals surface area contributed by atoms with E-state index in [2.05, 4.69) is 35.8 Å². The van der Waals surface area contributed by atoms with Gasteiger partial charge in [-0.3, -0.25) is 4.79 Å². The van der Waals surface area contributed by atoms with Crippen molar-refractivity contribution in [1.82, 2.24) is 5.32 Å². The Morgan fingerprint density at radius 1 is 1.39 bits per heavy atom. The Balaban J connectivity index is 2.26. The third-order valence-corrected chi connectivity index (χ3v) is 3.57. The summed E-state index contributed by atoms with van der Waals surface area (Å²) in [5, 5.41) is 2.93. The van der Waals surface area contributed by atoms with Crippen LogP contribution >= 0.6 is 11.8 Å². The summed E-state index contributed by atoms with van der Waals surface area (Å²) < 4.78 is 0. The zero-order valence-electron chi connectivity index (χ0n) is 11.1. The first-order valence-corrected chi connectivity index (χ1v) is 7.48. The van der Waals surface area contributed by atoms with Gasteiger partial charge in [-0.2, -0.15) is 0 Å². The van der Waals surface area contributed by atoms with Crippen molar-refractivity contribution in [2.45, 2.75) is 24.7 Å². The molecule has 1 rings (SSSR count). The minimum Gasteiger partial charge on any atom is -0.356 e. The van der Waals surface area contributed by atoms with Crippen LogP contribution in [0, 0.1) is 5.92 Å². The van der Waals surface area contributed by atoms with Gasteiger partial charge in [-0.05, 0) is 42.8 Å². The second-order valence-corrected chi connectivity index (χ2v) is 5.37. The summed E-state index contributed by atoms with van der Waals surface area (Å²) in [5.74, 6) is 0.347. The molecule has 1 aromatic rings. The maximum absolute atomic E-state index is 11.5. The number of nitrogens with two attached hydrogens (primary N) is 1. The van der Waals surface area contributed by atoms with Gasteiger partial charge in [0.15, 0.2) is 0 Å². The van der Waals surface area contributed by atoms with Crippen LogP contribution in [0.5, 0.6) is 0 Å². The maximum atomic E-state index is 11.5. The molecule has 0 aromatic heterocycles. The van der Waals surface area contributed by atoms with Crippen molar-refractivity contribution in [3.05, 3.63) is 29.8 Å². The molecule has 1 atom stereocenters. The highest BCUT2D eigenvalue weighted by molar-refractivity contribution is 7.98. The maximum Gasteiger partial charge on any atom is 0.220 e. The van der Waals surface area contributed by atoms with Crippen LogP contribution in [0.1, 0.15) is 18.9 Å². The first kappa shape index (κ1) is 15.1. The highest BCUT2D eigenvalue weighted by atomic mass is 32.2. The second-order valence-electron chi connectivity index (χ2n) is 4.49. The van der Waals surface area contributed by atoms with Gasteiger partial charge in [-0.15, -0.1) is 11.8 Å². The minimum atomic E-state index is 0.0914. The van der Waals surface area contributed by atoms with E-state index in [1.165, 1.54) is 10.5 Å². The van der Waals surface area contributed by atoms with Crippen molar-refractivity contribution in [3.8, 4) is 0 Å². The molecule has 0 spiro atoms. The van der Waals surface area contributed by atoms with Crippen molar-refractivity contribution in [2.24, 2.45) is 11.7 Å². The SMILES string of the molecule is CSc1ccc(CCNC(=O)CC(C)CN)cc1. The van der Waals surface area contributed by atoms with Crippen LogP contribution in [0.2, 0.25) is 0 Å². The molecule has 0 aliphatic heterocycles. The van der Waals surface area contributed by atoms with Gasteiger partial charge in [-0.25, -0.2) is 0 Å². The monoisotopic (exact) mass is 266 g/mol. The fourth-order valence-electron chi connectivity index (χ4n) is 1.61. The van der Waals surface area contributed by atoms with Gasteiger partial charge in [0.1, 0.15) is 0 Å². The number of benzene rings is 1. The highest BCUT2D eigenvalue weighted by Crippen LogP contribution is 2.14. The predicted octanol–water partition coefficient (Wildman–Crippen LogP) is 2.05. The third kappa shape index (κ3) is 5.56. The Kier molecular flexibility index (Phi) is 6.83. The summed E-state index contributed by atoms with van der Waals surface area (Å²) in [6.07, 6.45) is 3.45. The molecule has 0 bridgehead atoms. The van der Waals surface area contributed by atoms with Gasteiger partial charge in [0.25, 0.3) is 0 Å². The fraction of sp³-hybridized carbons (Fsp3) is 0.500. The van der Waals surface area contributed by atoms with Crippen molar-refractivity contribution in [1.29, 1.82) is 0 Å². The van der Waals surface area contributed by atoms with Crippen LogP contribution in [0.25, 0.3) is 0 Å². The highest BCUT2D eigenvalue weighted by Gasteiger charge is 2.06. The average molecular weight is 266 g/mol. The van der Waals surface area contributed by atoms with Crippen LogP contribution in [0.15, 0.2) is 29.2 Å². The summed E-state index contributed by atoms with van der Waals surface area (Å²) in [4.78, 5) is 12.8.